The lowest BCUT2D eigenvalue weighted by Crippen LogP contribution is -2.57. The molecule has 0 saturated carbocycles. The second-order valence-corrected chi connectivity index (χ2v) is 4.02. The Hall–Kier alpha value is -1.89. The first-order chi connectivity index (χ1) is 8.08. The number of amides is 1. The van der Waals surface area contributed by atoms with Crippen molar-refractivity contribution in [3.05, 3.63) is 18.2 Å². The Balaban J connectivity index is 2.13. The molecule has 1 saturated heterocycles. The fourth-order valence-electron chi connectivity index (χ4n) is 1.83. The van der Waals surface area contributed by atoms with Crippen molar-refractivity contribution in [3.63, 3.8) is 0 Å². The van der Waals surface area contributed by atoms with Crippen molar-refractivity contribution in [1.29, 1.82) is 0 Å². The number of rotatable bonds is 3. The van der Waals surface area contributed by atoms with E-state index in [0.717, 1.165) is 5.82 Å². The van der Waals surface area contributed by atoms with Gasteiger partial charge in [-0.1, -0.05) is 0 Å². The second kappa shape index (κ2) is 4.54. The molecule has 0 aliphatic carbocycles. The number of carboxylic acids is 1. The van der Waals surface area contributed by atoms with Crippen LogP contribution in [0.5, 0.6) is 0 Å². The Morgan fingerprint density at radius 1 is 1.71 bits per heavy atom. The fourth-order valence-corrected chi connectivity index (χ4v) is 1.83. The van der Waals surface area contributed by atoms with Gasteiger partial charge in [0.1, 0.15) is 11.9 Å². The van der Waals surface area contributed by atoms with Crippen LogP contribution >= 0.6 is 0 Å². The van der Waals surface area contributed by atoms with Crippen molar-refractivity contribution in [2.24, 2.45) is 7.05 Å². The molecular weight excluding hydrogens is 224 g/mol. The van der Waals surface area contributed by atoms with Gasteiger partial charge in [0.25, 0.3) is 0 Å². The van der Waals surface area contributed by atoms with Gasteiger partial charge in [0.2, 0.25) is 5.91 Å². The maximum absolute atomic E-state index is 11.3. The molecule has 1 unspecified atom stereocenters. The van der Waals surface area contributed by atoms with Crippen molar-refractivity contribution < 1.29 is 14.7 Å². The second-order valence-electron chi connectivity index (χ2n) is 4.02. The van der Waals surface area contributed by atoms with Gasteiger partial charge >= 0.3 is 5.97 Å². The summed E-state index contributed by atoms with van der Waals surface area (Å²) in [7, 11) is 1.84. The number of nitrogens with zero attached hydrogens (tertiary/aromatic N) is 3. The Kier molecular flexibility index (Phi) is 3.10. The van der Waals surface area contributed by atoms with E-state index in [4.69, 9.17) is 5.11 Å². The molecule has 0 aromatic carbocycles. The smallest absolute Gasteiger partial charge is 0.322 e. The van der Waals surface area contributed by atoms with Crippen LogP contribution in [0, 0.1) is 0 Å². The molecule has 7 nitrogen and oxygen atoms in total. The number of hydrogen-bond acceptors (Lipinski definition) is 4. The summed E-state index contributed by atoms with van der Waals surface area (Å²) in [6.07, 6.45) is 3.43. The normalized spacial score (nSPS) is 21.2. The zero-order chi connectivity index (χ0) is 12.4. The van der Waals surface area contributed by atoms with Gasteiger partial charge in [-0.05, 0) is 0 Å². The summed E-state index contributed by atoms with van der Waals surface area (Å²) in [4.78, 5) is 28.1. The lowest BCUT2D eigenvalue weighted by atomic mass is 10.2. The van der Waals surface area contributed by atoms with E-state index in [1.54, 1.807) is 17.3 Å². The van der Waals surface area contributed by atoms with Gasteiger partial charge in [-0.2, -0.15) is 0 Å². The SMILES string of the molecule is Cn1ccnc1CN1CC(=O)NCC1C(=O)O. The quantitative estimate of drug-likeness (QED) is 0.691. The Morgan fingerprint density at radius 3 is 3.06 bits per heavy atom. The van der Waals surface area contributed by atoms with Crippen molar-refractivity contribution in [1.82, 2.24) is 19.8 Å². The van der Waals surface area contributed by atoms with E-state index in [9.17, 15) is 9.59 Å². The van der Waals surface area contributed by atoms with Crippen LogP contribution < -0.4 is 5.32 Å². The molecule has 0 bridgehead atoms. The number of aromatic nitrogens is 2. The van der Waals surface area contributed by atoms with Gasteiger partial charge in [0.15, 0.2) is 0 Å². The molecule has 1 aromatic rings. The average Bonchev–Trinajstić information content (AvgIpc) is 2.64. The zero-order valence-corrected chi connectivity index (χ0v) is 9.46. The predicted molar refractivity (Wildman–Crippen MR) is 58.1 cm³/mol. The summed E-state index contributed by atoms with van der Waals surface area (Å²) >= 11 is 0. The van der Waals surface area contributed by atoms with Crippen LogP contribution in [0.15, 0.2) is 12.4 Å². The van der Waals surface area contributed by atoms with E-state index in [1.807, 2.05) is 11.6 Å². The summed E-state index contributed by atoms with van der Waals surface area (Å²) in [5, 5.41) is 11.6. The maximum atomic E-state index is 11.3. The van der Waals surface area contributed by atoms with Gasteiger partial charge in [-0.25, -0.2) is 4.98 Å². The number of hydrogen-bond donors (Lipinski definition) is 2. The molecule has 0 spiro atoms. The topological polar surface area (TPSA) is 87.5 Å². The van der Waals surface area contributed by atoms with Gasteiger partial charge in [-0.15, -0.1) is 0 Å². The maximum Gasteiger partial charge on any atom is 0.322 e. The van der Waals surface area contributed by atoms with Crippen LogP contribution in [0.2, 0.25) is 0 Å². The van der Waals surface area contributed by atoms with E-state index < -0.39 is 12.0 Å². The summed E-state index contributed by atoms with van der Waals surface area (Å²) < 4.78 is 1.81. The highest BCUT2D eigenvalue weighted by atomic mass is 16.4. The molecule has 1 amide bonds. The van der Waals surface area contributed by atoms with Crippen LogP contribution in [-0.2, 0) is 23.2 Å². The van der Waals surface area contributed by atoms with E-state index in [2.05, 4.69) is 10.3 Å². The summed E-state index contributed by atoms with van der Waals surface area (Å²) in [6, 6.07) is -0.690. The minimum atomic E-state index is -0.931. The van der Waals surface area contributed by atoms with Gasteiger partial charge in [0, 0.05) is 26.0 Å². The van der Waals surface area contributed by atoms with Crippen LogP contribution in [0.1, 0.15) is 5.82 Å². The van der Waals surface area contributed by atoms with Crippen LogP contribution in [-0.4, -0.2) is 50.6 Å². The van der Waals surface area contributed by atoms with Crippen LogP contribution in [0.4, 0.5) is 0 Å². The summed E-state index contributed by atoms with van der Waals surface area (Å²) in [6.45, 7) is 0.580. The third-order valence-corrected chi connectivity index (χ3v) is 2.83. The number of aliphatic carboxylic acids is 1. The van der Waals surface area contributed by atoms with E-state index >= 15 is 0 Å². The molecule has 1 atom stereocenters. The Labute approximate surface area is 98.0 Å². The third-order valence-electron chi connectivity index (χ3n) is 2.83. The monoisotopic (exact) mass is 238 g/mol. The Bertz CT molecular complexity index is 443. The van der Waals surface area contributed by atoms with E-state index in [0.29, 0.717) is 6.54 Å². The molecule has 92 valence electrons. The highest BCUT2D eigenvalue weighted by Gasteiger charge is 2.32. The standard InChI is InChI=1S/C10H14N4O3/c1-13-3-2-11-8(13)5-14-6-9(15)12-4-7(14)10(16)17/h2-3,7H,4-6H2,1H3,(H,12,15)(H,16,17). The number of aryl methyl sites for hydroxylation is 1. The van der Waals surface area contributed by atoms with Crippen molar-refractivity contribution in [3.8, 4) is 0 Å². The van der Waals surface area contributed by atoms with E-state index in [-0.39, 0.29) is 19.0 Å². The lowest BCUT2D eigenvalue weighted by molar-refractivity contribution is -0.146. The molecule has 2 rings (SSSR count). The molecule has 0 radical (unpaired) electrons. The Morgan fingerprint density at radius 2 is 2.47 bits per heavy atom. The number of nitrogens with one attached hydrogen (secondary N) is 1. The number of carbonyl (C=O) groups excluding carboxylic acids is 1. The lowest BCUT2D eigenvalue weighted by Gasteiger charge is -2.32. The number of piperazine rings is 1. The molecule has 2 heterocycles. The highest BCUT2D eigenvalue weighted by Crippen LogP contribution is 2.09. The molecule has 1 aromatic heterocycles. The minimum Gasteiger partial charge on any atom is -0.480 e. The van der Waals surface area contributed by atoms with Crippen molar-refractivity contribution in [2.75, 3.05) is 13.1 Å². The van der Waals surface area contributed by atoms with Crippen LogP contribution in [0.25, 0.3) is 0 Å². The van der Waals surface area contributed by atoms with E-state index in [1.165, 1.54) is 0 Å². The predicted octanol–water partition coefficient (Wildman–Crippen LogP) is -1.19. The van der Waals surface area contributed by atoms with Crippen molar-refractivity contribution in [2.45, 2.75) is 12.6 Å². The number of imidazole rings is 1. The van der Waals surface area contributed by atoms with Crippen LogP contribution in [0.3, 0.4) is 0 Å². The molecule has 1 aliphatic heterocycles. The zero-order valence-electron chi connectivity index (χ0n) is 9.46. The van der Waals surface area contributed by atoms with Gasteiger partial charge in [0.05, 0.1) is 13.1 Å². The third kappa shape index (κ3) is 2.44. The fraction of sp³-hybridized carbons (Fsp3) is 0.500. The van der Waals surface area contributed by atoms with Crippen molar-refractivity contribution >= 4 is 11.9 Å². The average molecular weight is 238 g/mol. The molecular formula is C10H14N4O3. The number of carbonyl (C=O) groups is 2. The first-order valence-electron chi connectivity index (χ1n) is 5.27. The molecule has 2 N–H and O–H groups in total. The van der Waals surface area contributed by atoms with Gasteiger partial charge < -0.3 is 15.0 Å². The summed E-state index contributed by atoms with van der Waals surface area (Å²) in [5.74, 6) is -0.345. The molecule has 1 fully saturated rings. The summed E-state index contributed by atoms with van der Waals surface area (Å²) in [5.41, 5.74) is 0. The molecule has 17 heavy (non-hydrogen) atoms. The first kappa shape index (κ1) is 11.6. The number of carboxylic acid groups (broad SMARTS) is 1. The largest absolute Gasteiger partial charge is 0.480 e. The first-order valence-corrected chi connectivity index (χ1v) is 5.27. The molecule has 1 aliphatic rings. The molecule has 7 heteroatoms. The van der Waals surface area contributed by atoms with Gasteiger partial charge in [-0.3, -0.25) is 14.5 Å². The highest BCUT2D eigenvalue weighted by molar-refractivity contribution is 5.83. The minimum absolute atomic E-state index is 0.0871.